The Labute approximate surface area is 201 Å². The molecule has 2 fully saturated rings. The second-order valence-electron chi connectivity index (χ2n) is 9.98. The standard InChI is InChI=1S/C26H33N3O4S/c30-20-11-12-22-19(14-20)10-13-24-23(22)15-25(28-24)29-26(31)18-8-6-17(7-9-18)16-27-34(32,33)21-4-2-1-3-5-21/h1-5,11-12,14,17-18,23-25,27-28,30H,6-10,13,15-16H2,(H,29,31). The SMILES string of the molecule is O=C(NC1CC2c3ccc(O)cc3CCC2N1)C1CCC(CNS(=O)(=O)c2ccccc2)CC1. The summed E-state index contributed by atoms with van der Waals surface area (Å²) in [6.45, 7) is 0.411. The lowest BCUT2D eigenvalue weighted by molar-refractivity contribution is -0.127. The molecule has 3 atom stereocenters. The Morgan fingerprint density at radius 2 is 1.79 bits per heavy atom. The highest BCUT2D eigenvalue weighted by Gasteiger charge is 2.39. The van der Waals surface area contributed by atoms with Gasteiger partial charge in [0.1, 0.15) is 5.75 Å². The molecule has 0 aromatic heterocycles. The molecule has 1 aliphatic heterocycles. The van der Waals surface area contributed by atoms with Crippen LogP contribution < -0.4 is 15.4 Å². The Bertz CT molecular complexity index is 1130. The second kappa shape index (κ2) is 9.68. The van der Waals surface area contributed by atoms with Gasteiger partial charge >= 0.3 is 0 Å². The molecule has 8 heteroatoms. The summed E-state index contributed by atoms with van der Waals surface area (Å²) >= 11 is 0. The van der Waals surface area contributed by atoms with Crippen molar-refractivity contribution in [3.63, 3.8) is 0 Å². The zero-order valence-corrected chi connectivity index (χ0v) is 20.1. The Kier molecular flexibility index (Phi) is 6.64. The Morgan fingerprint density at radius 3 is 2.56 bits per heavy atom. The van der Waals surface area contributed by atoms with Crippen molar-refractivity contribution >= 4 is 15.9 Å². The Balaban J connectivity index is 1.09. The monoisotopic (exact) mass is 483 g/mol. The normalized spacial score (nSPS) is 28.6. The number of carbonyl (C=O) groups excluding carboxylic acids is 1. The van der Waals surface area contributed by atoms with E-state index in [1.807, 2.05) is 12.1 Å². The van der Waals surface area contributed by atoms with Gasteiger partial charge in [-0.1, -0.05) is 24.3 Å². The van der Waals surface area contributed by atoms with Gasteiger partial charge in [-0.05, 0) is 86.3 Å². The second-order valence-corrected chi connectivity index (χ2v) is 11.7. The van der Waals surface area contributed by atoms with Crippen LogP contribution in [0.15, 0.2) is 53.4 Å². The minimum atomic E-state index is -3.49. The number of carbonyl (C=O) groups is 1. The average molecular weight is 484 g/mol. The number of nitrogens with one attached hydrogen (secondary N) is 3. The van der Waals surface area contributed by atoms with Crippen LogP contribution in [0.2, 0.25) is 0 Å². The quantitative estimate of drug-likeness (QED) is 0.505. The van der Waals surface area contributed by atoms with Crippen LogP contribution in [0.4, 0.5) is 0 Å². The largest absolute Gasteiger partial charge is 0.508 e. The molecule has 1 saturated heterocycles. The molecule has 0 spiro atoms. The lowest BCUT2D eigenvalue weighted by Gasteiger charge is -2.29. The molecule has 0 bridgehead atoms. The van der Waals surface area contributed by atoms with Crippen molar-refractivity contribution < 1.29 is 18.3 Å². The van der Waals surface area contributed by atoms with Crippen molar-refractivity contribution in [1.82, 2.24) is 15.4 Å². The minimum absolute atomic E-state index is 0.0179. The highest BCUT2D eigenvalue weighted by atomic mass is 32.2. The number of benzene rings is 2. The number of sulfonamides is 1. The van der Waals surface area contributed by atoms with Gasteiger partial charge in [0.25, 0.3) is 0 Å². The Hall–Kier alpha value is -2.42. The molecule has 3 unspecified atom stereocenters. The molecule has 1 amide bonds. The summed E-state index contributed by atoms with van der Waals surface area (Å²) in [5.74, 6) is 1.02. The molecule has 7 nitrogen and oxygen atoms in total. The minimum Gasteiger partial charge on any atom is -0.508 e. The highest BCUT2D eigenvalue weighted by molar-refractivity contribution is 7.89. The van der Waals surface area contributed by atoms with Crippen LogP contribution in [0, 0.1) is 11.8 Å². The van der Waals surface area contributed by atoms with E-state index in [-0.39, 0.29) is 28.8 Å². The summed E-state index contributed by atoms with van der Waals surface area (Å²) in [5, 5.41) is 16.6. The molecule has 34 heavy (non-hydrogen) atoms. The van der Waals surface area contributed by atoms with Crippen LogP contribution in [0.25, 0.3) is 0 Å². The number of aryl methyl sites for hydroxylation is 1. The number of phenols is 1. The summed E-state index contributed by atoms with van der Waals surface area (Å²) in [4.78, 5) is 13.2. The molecule has 4 N–H and O–H groups in total. The number of amides is 1. The highest BCUT2D eigenvalue weighted by Crippen LogP contribution is 2.40. The summed E-state index contributed by atoms with van der Waals surface area (Å²) in [6, 6.07) is 14.4. The fourth-order valence-corrected chi connectivity index (χ4v) is 7.04. The predicted molar refractivity (Wildman–Crippen MR) is 130 cm³/mol. The van der Waals surface area contributed by atoms with Crippen molar-refractivity contribution in [2.75, 3.05) is 6.54 Å². The fraction of sp³-hybridized carbons (Fsp3) is 0.500. The van der Waals surface area contributed by atoms with Crippen LogP contribution >= 0.6 is 0 Å². The van der Waals surface area contributed by atoms with Crippen LogP contribution in [0.1, 0.15) is 55.6 Å². The predicted octanol–water partition coefficient (Wildman–Crippen LogP) is 3.01. The van der Waals surface area contributed by atoms with E-state index in [1.54, 1.807) is 36.4 Å². The summed E-state index contributed by atoms with van der Waals surface area (Å²) in [5.41, 5.74) is 2.51. The molecular formula is C26H33N3O4S. The fourth-order valence-electron chi connectivity index (χ4n) is 5.90. The van der Waals surface area contributed by atoms with Gasteiger partial charge < -0.3 is 10.4 Å². The molecule has 0 radical (unpaired) electrons. The van der Waals surface area contributed by atoms with E-state index in [0.29, 0.717) is 24.3 Å². The lowest BCUT2D eigenvalue weighted by Crippen LogP contribution is -2.47. The van der Waals surface area contributed by atoms with Crippen molar-refractivity contribution in [3.8, 4) is 5.75 Å². The number of fused-ring (bicyclic) bond motifs is 3. The third-order valence-corrected chi connectivity index (χ3v) is 9.23. The van der Waals surface area contributed by atoms with Gasteiger partial charge in [0.15, 0.2) is 0 Å². The maximum atomic E-state index is 13.0. The van der Waals surface area contributed by atoms with E-state index >= 15 is 0 Å². The zero-order chi connectivity index (χ0) is 23.7. The van der Waals surface area contributed by atoms with Gasteiger partial charge in [-0.3, -0.25) is 10.1 Å². The first kappa shape index (κ1) is 23.3. The number of rotatable bonds is 6. The average Bonchev–Trinajstić information content (AvgIpc) is 3.26. The molecule has 3 aliphatic rings. The maximum absolute atomic E-state index is 13.0. The van der Waals surface area contributed by atoms with Crippen LogP contribution in [0.3, 0.4) is 0 Å². The van der Waals surface area contributed by atoms with Gasteiger partial charge in [-0.25, -0.2) is 13.1 Å². The maximum Gasteiger partial charge on any atom is 0.240 e. The first-order chi connectivity index (χ1) is 16.4. The first-order valence-electron chi connectivity index (χ1n) is 12.3. The molecule has 2 aromatic carbocycles. The van der Waals surface area contributed by atoms with Crippen LogP contribution in [0.5, 0.6) is 5.75 Å². The van der Waals surface area contributed by atoms with Gasteiger partial charge in [-0.2, -0.15) is 0 Å². The number of hydrogen-bond donors (Lipinski definition) is 4. The summed E-state index contributed by atoms with van der Waals surface area (Å²) < 4.78 is 27.6. The van der Waals surface area contributed by atoms with E-state index < -0.39 is 10.0 Å². The molecule has 5 rings (SSSR count). The molecule has 1 heterocycles. The van der Waals surface area contributed by atoms with Gasteiger partial charge in [0, 0.05) is 24.4 Å². The molecule has 2 aliphatic carbocycles. The molecule has 2 aromatic rings. The van der Waals surface area contributed by atoms with E-state index in [9.17, 15) is 18.3 Å². The third-order valence-electron chi connectivity index (χ3n) is 7.79. The molecular weight excluding hydrogens is 450 g/mol. The van der Waals surface area contributed by atoms with E-state index in [2.05, 4.69) is 15.4 Å². The van der Waals surface area contributed by atoms with E-state index in [0.717, 1.165) is 44.9 Å². The van der Waals surface area contributed by atoms with Crippen LogP contribution in [-0.4, -0.2) is 38.2 Å². The third kappa shape index (κ3) is 4.99. The van der Waals surface area contributed by atoms with E-state index in [4.69, 9.17) is 0 Å². The summed E-state index contributed by atoms with van der Waals surface area (Å²) in [6.07, 6.45) is 6.04. The summed E-state index contributed by atoms with van der Waals surface area (Å²) in [7, 11) is -3.49. The van der Waals surface area contributed by atoms with Crippen molar-refractivity contribution in [3.05, 3.63) is 59.7 Å². The zero-order valence-electron chi connectivity index (χ0n) is 19.2. The smallest absolute Gasteiger partial charge is 0.240 e. The van der Waals surface area contributed by atoms with Gasteiger partial charge in [0.05, 0.1) is 11.1 Å². The Morgan fingerprint density at radius 1 is 1.03 bits per heavy atom. The van der Waals surface area contributed by atoms with Crippen molar-refractivity contribution in [2.45, 2.75) is 68.0 Å². The number of phenolic OH excluding ortho intramolecular Hbond substituents is 1. The van der Waals surface area contributed by atoms with Crippen molar-refractivity contribution in [1.29, 1.82) is 0 Å². The molecule has 182 valence electrons. The topological polar surface area (TPSA) is 108 Å². The van der Waals surface area contributed by atoms with Crippen molar-refractivity contribution in [2.24, 2.45) is 11.8 Å². The van der Waals surface area contributed by atoms with Gasteiger partial charge in [-0.15, -0.1) is 0 Å². The van der Waals surface area contributed by atoms with Crippen LogP contribution in [-0.2, 0) is 21.2 Å². The number of hydrogen-bond acceptors (Lipinski definition) is 5. The lowest BCUT2D eigenvalue weighted by atomic mass is 9.79. The van der Waals surface area contributed by atoms with E-state index in [1.165, 1.54) is 11.1 Å². The first-order valence-corrected chi connectivity index (χ1v) is 13.8. The molecule has 1 saturated carbocycles. The van der Waals surface area contributed by atoms with Gasteiger partial charge in [0.2, 0.25) is 15.9 Å². The number of aromatic hydroxyl groups is 1.